The molecule has 39 heavy (non-hydrogen) atoms. The summed E-state index contributed by atoms with van der Waals surface area (Å²) in [7, 11) is 0. The fraction of sp³-hybridized carbons (Fsp3) is 0.370. The van der Waals surface area contributed by atoms with E-state index in [4.69, 9.17) is 4.74 Å². The van der Waals surface area contributed by atoms with Crippen molar-refractivity contribution in [2.75, 3.05) is 0 Å². The Labute approximate surface area is 220 Å². The number of rotatable bonds is 5. The third kappa shape index (κ3) is 4.82. The van der Waals surface area contributed by atoms with Crippen LogP contribution in [0.15, 0.2) is 52.6 Å². The lowest BCUT2D eigenvalue weighted by atomic mass is 9.94. The van der Waals surface area contributed by atoms with E-state index in [1.807, 2.05) is 0 Å². The molecule has 0 aliphatic carbocycles. The Morgan fingerprint density at radius 1 is 1.26 bits per heavy atom. The summed E-state index contributed by atoms with van der Waals surface area (Å²) >= 11 is 0. The first-order valence-corrected chi connectivity index (χ1v) is 12.1. The Kier molecular flexibility index (Phi) is 6.58. The topological polar surface area (TPSA) is 81.2 Å². The number of hydrogen-bond acceptors (Lipinski definition) is 5. The van der Waals surface area contributed by atoms with E-state index >= 15 is 0 Å². The second-order valence-electron chi connectivity index (χ2n) is 9.96. The second-order valence-corrected chi connectivity index (χ2v) is 9.96. The summed E-state index contributed by atoms with van der Waals surface area (Å²) in [6.07, 6.45) is -6.52. The fourth-order valence-corrected chi connectivity index (χ4v) is 5.15. The zero-order chi connectivity index (χ0) is 28.3. The van der Waals surface area contributed by atoms with Gasteiger partial charge < -0.3 is 19.1 Å². The number of benzene rings is 2. The Balaban J connectivity index is 1.66. The van der Waals surface area contributed by atoms with Crippen molar-refractivity contribution >= 4 is 29.2 Å². The molecule has 1 aromatic heterocycles. The van der Waals surface area contributed by atoms with Crippen molar-refractivity contribution in [1.29, 1.82) is 0 Å². The maximum atomic E-state index is 14.1. The maximum absolute atomic E-state index is 14.1. The highest BCUT2D eigenvalue weighted by molar-refractivity contribution is 5.93. The van der Waals surface area contributed by atoms with Gasteiger partial charge in [-0.2, -0.15) is 22.0 Å². The largest absolute Gasteiger partial charge is 0.434 e. The standard InChI is InChI=1S/C27H25F5N4O3/c1-13(12-34-24(33-4)26(2,3)37)14-8-9-16-17(10-14)36-18-11-20(23(36)35-16)38-22(27(30,31)32)15-6-5-7-19(21(15)18)39-25(28)29/h5-10,12,18,20,22,25,37H,4,11H2,1-3H3/b13-12+,34-24?/t18-,20+,22+/m1/s1. The molecule has 12 heteroatoms. The van der Waals surface area contributed by atoms with Crippen molar-refractivity contribution in [3.8, 4) is 5.75 Å². The van der Waals surface area contributed by atoms with Crippen LogP contribution in [-0.2, 0) is 4.74 Å². The summed E-state index contributed by atoms with van der Waals surface area (Å²) in [6, 6.07) is 8.23. The Morgan fingerprint density at radius 3 is 2.64 bits per heavy atom. The number of alkyl halides is 5. The number of aromatic nitrogens is 2. The predicted molar refractivity (Wildman–Crippen MR) is 135 cm³/mol. The van der Waals surface area contributed by atoms with Crippen LogP contribution in [0.1, 0.15) is 68.0 Å². The van der Waals surface area contributed by atoms with Crippen LogP contribution >= 0.6 is 0 Å². The number of ether oxygens (including phenoxy) is 2. The van der Waals surface area contributed by atoms with E-state index in [9.17, 15) is 27.1 Å². The van der Waals surface area contributed by atoms with Gasteiger partial charge in [0.25, 0.3) is 0 Å². The molecule has 7 nitrogen and oxygen atoms in total. The molecule has 1 N–H and O–H groups in total. The van der Waals surface area contributed by atoms with Gasteiger partial charge in [0.15, 0.2) is 11.9 Å². The Hall–Kier alpha value is -3.64. The van der Waals surface area contributed by atoms with Crippen molar-refractivity contribution in [2.24, 2.45) is 9.98 Å². The molecule has 2 aliphatic heterocycles. The highest BCUT2D eigenvalue weighted by Crippen LogP contribution is 2.55. The molecule has 0 amide bonds. The molecule has 2 aliphatic rings. The zero-order valence-electron chi connectivity index (χ0n) is 21.2. The van der Waals surface area contributed by atoms with Crippen LogP contribution in [0.2, 0.25) is 0 Å². The van der Waals surface area contributed by atoms with Gasteiger partial charge in [0.1, 0.15) is 23.3 Å². The third-order valence-corrected chi connectivity index (χ3v) is 6.82. The molecule has 0 fully saturated rings. The minimum absolute atomic E-state index is 0.00480. The number of hydrogen-bond donors (Lipinski definition) is 1. The average Bonchev–Trinajstić information content (AvgIpc) is 3.30. The number of amidine groups is 1. The lowest BCUT2D eigenvalue weighted by Crippen LogP contribution is -2.29. The maximum Gasteiger partial charge on any atom is 0.418 e. The molecule has 0 unspecified atom stereocenters. The monoisotopic (exact) mass is 548 g/mol. The SMILES string of the molecule is C=NC(=N/C=C(\C)c1ccc2nc3n(c2c1)[C@@H]1C[C@@H]3O[C@H](C(F)(F)F)c2cccc(OC(F)F)c21)C(C)(C)O. The quantitative estimate of drug-likeness (QED) is 0.223. The molecule has 3 aromatic rings. The molecular weight excluding hydrogens is 523 g/mol. The first kappa shape index (κ1) is 26.9. The zero-order valence-corrected chi connectivity index (χ0v) is 21.2. The number of aliphatic imine (C=N–C) groups is 2. The van der Waals surface area contributed by atoms with Crippen LogP contribution in [-0.4, -0.2) is 45.6 Å². The number of aliphatic hydroxyl groups is 1. The smallest absolute Gasteiger partial charge is 0.418 e. The molecule has 206 valence electrons. The molecule has 0 radical (unpaired) electrons. The van der Waals surface area contributed by atoms with E-state index < -0.39 is 36.6 Å². The van der Waals surface area contributed by atoms with Crippen LogP contribution < -0.4 is 4.74 Å². The van der Waals surface area contributed by atoms with Gasteiger partial charge in [-0.3, -0.25) is 0 Å². The van der Waals surface area contributed by atoms with Crippen LogP contribution in [0.4, 0.5) is 22.0 Å². The molecule has 3 heterocycles. The summed E-state index contributed by atoms with van der Waals surface area (Å²) in [5, 5.41) is 10.2. The van der Waals surface area contributed by atoms with Crippen molar-refractivity contribution < 1.29 is 36.5 Å². The Bertz CT molecular complexity index is 1500. The highest BCUT2D eigenvalue weighted by atomic mass is 19.4. The summed E-state index contributed by atoms with van der Waals surface area (Å²) in [5.41, 5.74) is 0.943. The van der Waals surface area contributed by atoms with Gasteiger partial charge in [-0.25, -0.2) is 15.0 Å². The summed E-state index contributed by atoms with van der Waals surface area (Å²) in [4.78, 5) is 12.6. The minimum atomic E-state index is -4.78. The number of halogens is 5. The first-order chi connectivity index (χ1) is 18.3. The van der Waals surface area contributed by atoms with Gasteiger partial charge in [0.05, 0.1) is 17.1 Å². The van der Waals surface area contributed by atoms with Gasteiger partial charge >= 0.3 is 12.8 Å². The Morgan fingerprint density at radius 2 is 2.00 bits per heavy atom. The van der Waals surface area contributed by atoms with Crippen molar-refractivity contribution in [2.45, 2.75) is 63.8 Å². The number of fused-ring (bicyclic) bond motifs is 9. The van der Waals surface area contributed by atoms with E-state index in [1.54, 1.807) is 29.7 Å². The highest BCUT2D eigenvalue weighted by Gasteiger charge is 2.51. The number of nitrogens with zero attached hydrogens (tertiary/aromatic N) is 4. The second kappa shape index (κ2) is 9.53. The van der Waals surface area contributed by atoms with E-state index in [1.165, 1.54) is 38.2 Å². The number of imidazole rings is 1. The van der Waals surface area contributed by atoms with Crippen molar-refractivity contribution in [3.63, 3.8) is 0 Å². The van der Waals surface area contributed by atoms with Crippen molar-refractivity contribution in [1.82, 2.24) is 9.55 Å². The van der Waals surface area contributed by atoms with Gasteiger partial charge in [-0.1, -0.05) is 18.2 Å². The molecule has 3 atom stereocenters. The predicted octanol–water partition coefficient (Wildman–Crippen LogP) is 6.54. The fourth-order valence-electron chi connectivity index (χ4n) is 5.15. The molecule has 0 saturated carbocycles. The molecular formula is C27H25F5N4O3. The van der Waals surface area contributed by atoms with E-state index in [0.717, 1.165) is 5.56 Å². The number of allylic oxidation sites excluding steroid dienone is 1. The van der Waals surface area contributed by atoms with Gasteiger partial charge in [0, 0.05) is 18.2 Å². The molecule has 0 saturated heterocycles. The molecule has 2 bridgehead atoms. The summed E-state index contributed by atoms with van der Waals surface area (Å²) in [6.45, 7) is 5.06. The van der Waals surface area contributed by atoms with E-state index in [-0.39, 0.29) is 35.0 Å². The minimum Gasteiger partial charge on any atom is -0.434 e. The van der Waals surface area contributed by atoms with Crippen LogP contribution in [0, 0.1) is 0 Å². The first-order valence-electron chi connectivity index (χ1n) is 12.1. The average molecular weight is 549 g/mol. The molecule has 2 aromatic carbocycles. The van der Waals surface area contributed by atoms with Gasteiger partial charge in [0.2, 0.25) is 0 Å². The summed E-state index contributed by atoms with van der Waals surface area (Å²) < 4.78 is 80.8. The van der Waals surface area contributed by atoms with Crippen LogP contribution in [0.5, 0.6) is 5.75 Å². The lowest BCUT2D eigenvalue weighted by molar-refractivity contribution is -0.237. The third-order valence-electron chi connectivity index (χ3n) is 6.82. The van der Waals surface area contributed by atoms with Crippen LogP contribution in [0.3, 0.4) is 0 Å². The van der Waals surface area contributed by atoms with Crippen molar-refractivity contribution in [3.05, 3.63) is 65.1 Å². The molecule has 5 rings (SSSR count). The van der Waals surface area contributed by atoms with Crippen LogP contribution in [0.25, 0.3) is 16.6 Å². The normalized spacial score (nSPS) is 21.6. The summed E-state index contributed by atoms with van der Waals surface area (Å²) in [5.74, 6) is 0.0647. The van der Waals surface area contributed by atoms with E-state index in [2.05, 4.69) is 26.4 Å². The van der Waals surface area contributed by atoms with Gasteiger partial charge in [-0.05, 0) is 62.4 Å². The van der Waals surface area contributed by atoms with E-state index in [0.29, 0.717) is 16.6 Å². The van der Waals surface area contributed by atoms with Gasteiger partial charge in [-0.15, -0.1) is 0 Å². The molecule has 0 spiro atoms. The lowest BCUT2D eigenvalue weighted by Gasteiger charge is -2.27.